The quantitative estimate of drug-likeness (QED) is 0.764. The first-order valence-corrected chi connectivity index (χ1v) is 9.37. The molecule has 0 saturated carbocycles. The maximum atomic E-state index is 12.5. The van der Waals surface area contributed by atoms with Crippen LogP contribution in [0.2, 0.25) is 0 Å². The highest BCUT2D eigenvalue weighted by Crippen LogP contribution is 2.23. The van der Waals surface area contributed by atoms with Crippen LogP contribution in [0.4, 0.5) is 11.5 Å². The van der Waals surface area contributed by atoms with Gasteiger partial charge in [0.2, 0.25) is 10.0 Å². The molecule has 3 heterocycles. The van der Waals surface area contributed by atoms with Crippen LogP contribution in [-0.2, 0) is 10.0 Å². The van der Waals surface area contributed by atoms with Gasteiger partial charge >= 0.3 is 0 Å². The summed E-state index contributed by atoms with van der Waals surface area (Å²) in [7, 11) is -3.41. The number of pyridine rings is 1. The molecule has 1 aliphatic heterocycles. The van der Waals surface area contributed by atoms with Crippen molar-refractivity contribution in [2.75, 3.05) is 18.4 Å². The molecule has 0 unspecified atom stereocenters. The zero-order valence-corrected chi connectivity index (χ0v) is 13.9. The van der Waals surface area contributed by atoms with E-state index in [1.807, 2.05) is 30.5 Å². The topological polar surface area (TPSA) is 78.1 Å². The number of nitrogens with one attached hydrogen (secondary N) is 2. The van der Waals surface area contributed by atoms with Crippen molar-refractivity contribution in [3.63, 3.8) is 0 Å². The number of rotatable bonds is 4. The van der Waals surface area contributed by atoms with E-state index in [2.05, 4.69) is 15.3 Å². The van der Waals surface area contributed by atoms with E-state index in [-0.39, 0.29) is 4.90 Å². The van der Waals surface area contributed by atoms with E-state index in [1.165, 1.54) is 10.5 Å². The third-order valence-electron chi connectivity index (χ3n) is 4.27. The molecule has 0 radical (unpaired) electrons. The molecular weight excluding hydrogens is 324 g/mol. The molecule has 0 spiro atoms. The van der Waals surface area contributed by atoms with Gasteiger partial charge in [-0.3, -0.25) is 0 Å². The highest BCUT2D eigenvalue weighted by atomic mass is 32.2. The van der Waals surface area contributed by atoms with Crippen molar-refractivity contribution in [3.05, 3.63) is 48.8 Å². The average molecular weight is 342 g/mol. The van der Waals surface area contributed by atoms with Crippen LogP contribution in [0.1, 0.15) is 12.8 Å². The summed E-state index contributed by atoms with van der Waals surface area (Å²) in [4.78, 5) is 7.66. The molecule has 0 amide bonds. The van der Waals surface area contributed by atoms with E-state index in [0.717, 1.165) is 29.4 Å². The third-order valence-corrected chi connectivity index (χ3v) is 6.15. The van der Waals surface area contributed by atoms with Gasteiger partial charge in [0.15, 0.2) is 0 Å². The molecule has 1 aliphatic rings. The van der Waals surface area contributed by atoms with Crippen LogP contribution in [0.25, 0.3) is 10.9 Å². The minimum Gasteiger partial charge on any atom is -0.361 e. The van der Waals surface area contributed by atoms with Crippen LogP contribution in [0.3, 0.4) is 0 Å². The molecular formula is C17H18N4O2S. The Kier molecular flexibility index (Phi) is 3.74. The van der Waals surface area contributed by atoms with Gasteiger partial charge in [-0.2, -0.15) is 4.31 Å². The van der Waals surface area contributed by atoms with Crippen molar-refractivity contribution in [3.8, 4) is 0 Å². The lowest BCUT2D eigenvalue weighted by atomic mass is 10.2. The highest BCUT2D eigenvalue weighted by molar-refractivity contribution is 7.89. The number of aromatic amines is 1. The van der Waals surface area contributed by atoms with Crippen molar-refractivity contribution < 1.29 is 8.42 Å². The van der Waals surface area contributed by atoms with Crippen molar-refractivity contribution >= 4 is 32.4 Å². The van der Waals surface area contributed by atoms with E-state index < -0.39 is 10.0 Å². The lowest BCUT2D eigenvalue weighted by Crippen LogP contribution is -2.27. The molecule has 2 N–H and O–H groups in total. The molecule has 0 aliphatic carbocycles. The third kappa shape index (κ3) is 2.76. The van der Waals surface area contributed by atoms with Crippen LogP contribution in [0.5, 0.6) is 0 Å². The molecule has 6 nitrogen and oxygen atoms in total. The number of sulfonamides is 1. The fourth-order valence-corrected chi connectivity index (χ4v) is 4.42. The van der Waals surface area contributed by atoms with E-state index in [1.54, 1.807) is 12.1 Å². The predicted octanol–water partition coefficient (Wildman–Crippen LogP) is 3.09. The van der Waals surface area contributed by atoms with Gasteiger partial charge in [-0.25, -0.2) is 13.4 Å². The highest BCUT2D eigenvalue weighted by Gasteiger charge is 2.27. The van der Waals surface area contributed by atoms with Gasteiger partial charge in [-0.1, -0.05) is 6.07 Å². The van der Waals surface area contributed by atoms with Gasteiger partial charge in [0.1, 0.15) is 10.7 Å². The van der Waals surface area contributed by atoms with Gasteiger partial charge in [-0.05, 0) is 48.6 Å². The van der Waals surface area contributed by atoms with Crippen molar-refractivity contribution in [1.82, 2.24) is 14.3 Å². The molecule has 4 rings (SSSR count). The molecule has 0 atom stereocenters. The Morgan fingerprint density at radius 1 is 1.08 bits per heavy atom. The Hall–Kier alpha value is -2.38. The minimum absolute atomic E-state index is 0.245. The molecule has 1 aromatic carbocycles. The molecule has 3 aromatic rings. The molecule has 0 bridgehead atoms. The molecule has 2 aromatic heterocycles. The summed E-state index contributed by atoms with van der Waals surface area (Å²) in [5.41, 5.74) is 1.93. The largest absolute Gasteiger partial charge is 0.361 e. The molecule has 24 heavy (non-hydrogen) atoms. The van der Waals surface area contributed by atoms with Gasteiger partial charge in [-0.15, -0.1) is 0 Å². The van der Waals surface area contributed by atoms with Crippen LogP contribution in [0.15, 0.2) is 53.7 Å². The van der Waals surface area contributed by atoms with Crippen LogP contribution in [0, 0.1) is 0 Å². The molecule has 7 heteroatoms. The van der Waals surface area contributed by atoms with Gasteiger partial charge in [0.05, 0.1) is 0 Å². The lowest BCUT2D eigenvalue weighted by molar-refractivity contribution is 0.477. The summed E-state index contributed by atoms with van der Waals surface area (Å²) in [6.07, 6.45) is 5.16. The Labute approximate surface area is 140 Å². The Balaban J connectivity index is 1.55. The van der Waals surface area contributed by atoms with E-state index in [4.69, 9.17) is 0 Å². The summed E-state index contributed by atoms with van der Waals surface area (Å²) < 4.78 is 26.5. The minimum atomic E-state index is -3.41. The summed E-state index contributed by atoms with van der Waals surface area (Å²) in [5.74, 6) is 0.612. The number of hydrogen-bond acceptors (Lipinski definition) is 4. The average Bonchev–Trinajstić information content (AvgIpc) is 3.27. The number of anilines is 2. The van der Waals surface area contributed by atoms with E-state index in [9.17, 15) is 8.42 Å². The van der Waals surface area contributed by atoms with E-state index >= 15 is 0 Å². The zero-order valence-electron chi connectivity index (χ0n) is 13.1. The first-order chi connectivity index (χ1) is 11.6. The monoisotopic (exact) mass is 342 g/mol. The zero-order chi connectivity index (χ0) is 16.6. The molecule has 1 saturated heterocycles. The number of benzene rings is 1. The Bertz CT molecular complexity index is 958. The second kappa shape index (κ2) is 5.92. The summed E-state index contributed by atoms with van der Waals surface area (Å²) in [5, 5.41) is 4.33. The standard InChI is InChI=1S/C17H18N4O2S/c22-24(23,21-9-1-2-10-21)15-5-6-17(19-12-15)20-14-4-3-13-7-8-18-16(13)11-14/h3-8,11-12,18H,1-2,9-10H2,(H,19,20). The summed E-state index contributed by atoms with van der Waals surface area (Å²) >= 11 is 0. The van der Waals surface area contributed by atoms with Crippen molar-refractivity contribution in [2.24, 2.45) is 0 Å². The van der Waals surface area contributed by atoms with Crippen LogP contribution < -0.4 is 5.32 Å². The first-order valence-electron chi connectivity index (χ1n) is 7.93. The fourth-order valence-electron chi connectivity index (χ4n) is 2.96. The number of H-pyrrole nitrogens is 1. The number of nitrogens with zero attached hydrogens (tertiary/aromatic N) is 2. The lowest BCUT2D eigenvalue weighted by Gasteiger charge is -2.15. The van der Waals surface area contributed by atoms with Crippen LogP contribution in [-0.4, -0.2) is 35.8 Å². The van der Waals surface area contributed by atoms with Crippen LogP contribution >= 0.6 is 0 Å². The van der Waals surface area contributed by atoms with Gasteiger partial charge in [0, 0.05) is 36.7 Å². The molecule has 1 fully saturated rings. The second-order valence-corrected chi connectivity index (χ2v) is 7.83. The van der Waals surface area contributed by atoms with E-state index in [0.29, 0.717) is 18.9 Å². The fraction of sp³-hybridized carbons (Fsp3) is 0.235. The second-order valence-electron chi connectivity index (χ2n) is 5.90. The van der Waals surface area contributed by atoms with Crippen molar-refractivity contribution in [2.45, 2.75) is 17.7 Å². The van der Waals surface area contributed by atoms with Gasteiger partial charge < -0.3 is 10.3 Å². The maximum Gasteiger partial charge on any atom is 0.244 e. The van der Waals surface area contributed by atoms with Crippen molar-refractivity contribution in [1.29, 1.82) is 0 Å². The summed E-state index contributed by atoms with van der Waals surface area (Å²) in [6.45, 7) is 1.19. The SMILES string of the molecule is O=S(=O)(c1ccc(Nc2ccc3cc[nH]c3c2)nc1)N1CCCC1. The number of aromatic nitrogens is 2. The molecule has 124 valence electrons. The number of fused-ring (bicyclic) bond motifs is 1. The Morgan fingerprint density at radius 2 is 1.92 bits per heavy atom. The smallest absolute Gasteiger partial charge is 0.244 e. The Morgan fingerprint density at radius 3 is 2.67 bits per heavy atom. The van der Waals surface area contributed by atoms with Gasteiger partial charge in [0.25, 0.3) is 0 Å². The normalized spacial score (nSPS) is 15.8. The summed E-state index contributed by atoms with van der Waals surface area (Å²) in [6, 6.07) is 11.3. The predicted molar refractivity (Wildman–Crippen MR) is 93.8 cm³/mol. The first kappa shape index (κ1) is 15.2. The number of hydrogen-bond donors (Lipinski definition) is 2. The maximum absolute atomic E-state index is 12.5.